The monoisotopic (exact) mass is 379 g/mol. The van der Waals surface area contributed by atoms with Gasteiger partial charge >= 0.3 is 6.18 Å². The lowest BCUT2D eigenvalue weighted by atomic mass is 10.1. The van der Waals surface area contributed by atoms with E-state index in [9.17, 15) is 18.0 Å². The van der Waals surface area contributed by atoms with E-state index in [4.69, 9.17) is 4.74 Å². The van der Waals surface area contributed by atoms with Crippen LogP contribution >= 0.6 is 0 Å². The number of benzene rings is 1. The summed E-state index contributed by atoms with van der Waals surface area (Å²) >= 11 is 0. The second kappa shape index (κ2) is 8.28. The summed E-state index contributed by atoms with van der Waals surface area (Å²) in [6.45, 7) is 1.67. The minimum Gasteiger partial charge on any atom is -0.484 e. The summed E-state index contributed by atoms with van der Waals surface area (Å²) in [5.74, 6) is 0.660. The van der Waals surface area contributed by atoms with Crippen LogP contribution in [0, 0.1) is 0 Å². The van der Waals surface area contributed by atoms with Gasteiger partial charge in [0.15, 0.2) is 6.61 Å². The Labute approximate surface area is 155 Å². The number of hydrogen-bond acceptors (Lipinski definition) is 4. The van der Waals surface area contributed by atoms with Crippen LogP contribution in [-0.2, 0) is 11.0 Å². The molecule has 0 spiro atoms. The first-order valence-electron chi connectivity index (χ1n) is 8.73. The summed E-state index contributed by atoms with van der Waals surface area (Å²) in [4.78, 5) is 18.5. The molecule has 0 unspecified atom stereocenters. The maximum Gasteiger partial charge on any atom is 0.416 e. The average molecular weight is 379 g/mol. The number of piperidine rings is 1. The first-order chi connectivity index (χ1) is 12.9. The Bertz CT molecular complexity index is 755. The van der Waals surface area contributed by atoms with Gasteiger partial charge in [-0.25, -0.2) is 4.98 Å². The van der Waals surface area contributed by atoms with Crippen LogP contribution in [-0.4, -0.2) is 30.6 Å². The SMILES string of the molecule is O=C(COc1ccc(C(F)(F)F)cc1)Nc1ccc(N2CCCCC2)nc1. The number of aromatic nitrogens is 1. The Balaban J connectivity index is 1.49. The molecule has 1 saturated heterocycles. The van der Waals surface area contributed by atoms with Gasteiger partial charge in [-0.2, -0.15) is 13.2 Å². The predicted octanol–water partition coefficient (Wildman–Crippen LogP) is 4.11. The first-order valence-corrected chi connectivity index (χ1v) is 8.73. The van der Waals surface area contributed by atoms with Crippen molar-refractivity contribution in [3.8, 4) is 5.75 Å². The molecule has 0 bridgehead atoms. The lowest BCUT2D eigenvalue weighted by Crippen LogP contribution is -2.30. The molecular weight excluding hydrogens is 359 g/mol. The molecule has 2 heterocycles. The highest BCUT2D eigenvalue weighted by Crippen LogP contribution is 2.30. The molecule has 1 N–H and O–H groups in total. The molecule has 3 rings (SSSR count). The van der Waals surface area contributed by atoms with Crippen molar-refractivity contribution in [1.82, 2.24) is 4.98 Å². The van der Waals surface area contributed by atoms with E-state index < -0.39 is 17.6 Å². The van der Waals surface area contributed by atoms with Crippen LogP contribution in [0.25, 0.3) is 0 Å². The third-order valence-corrected chi connectivity index (χ3v) is 4.26. The quantitative estimate of drug-likeness (QED) is 0.850. The largest absolute Gasteiger partial charge is 0.484 e. The van der Waals surface area contributed by atoms with E-state index in [-0.39, 0.29) is 12.4 Å². The molecule has 8 heteroatoms. The summed E-state index contributed by atoms with van der Waals surface area (Å²) in [5.41, 5.74) is -0.226. The lowest BCUT2D eigenvalue weighted by molar-refractivity contribution is -0.137. The zero-order valence-corrected chi connectivity index (χ0v) is 14.6. The molecule has 2 aromatic rings. The number of hydrogen-bond donors (Lipinski definition) is 1. The van der Waals surface area contributed by atoms with E-state index in [1.54, 1.807) is 12.3 Å². The van der Waals surface area contributed by atoms with Crippen LogP contribution in [0.5, 0.6) is 5.75 Å². The van der Waals surface area contributed by atoms with Crippen LogP contribution in [0.3, 0.4) is 0 Å². The van der Waals surface area contributed by atoms with Crippen molar-refractivity contribution in [2.75, 3.05) is 29.9 Å². The number of anilines is 2. The summed E-state index contributed by atoms with van der Waals surface area (Å²) in [5, 5.41) is 2.65. The van der Waals surface area contributed by atoms with Gasteiger partial charge in [-0.15, -0.1) is 0 Å². The standard InChI is InChI=1S/C19H20F3N3O2/c20-19(21,22)14-4-7-16(8-5-14)27-13-18(26)24-15-6-9-17(23-12-15)25-10-2-1-3-11-25/h4-9,12H,1-3,10-11,13H2,(H,24,26). The average Bonchev–Trinajstić information content (AvgIpc) is 2.67. The highest BCUT2D eigenvalue weighted by Gasteiger charge is 2.30. The van der Waals surface area contributed by atoms with Gasteiger partial charge in [0.25, 0.3) is 5.91 Å². The third-order valence-electron chi connectivity index (χ3n) is 4.26. The molecule has 0 radical (unpaired) electrons. The Morgan fingerprint density at radius 2 is 1.78 bits per heavy atom. The number of nitrogens with zero attached hydrogens (tertiary/aromatic N) is 2. The number of halogens is 3. The van der Waals surface area contributed by atoms with Gasteiger partial charge in [-0.3, -0.25) is 4.79 Å². The van der Waals surface area contributed by atoms with E-state index in [1.807, 2.05) is 6.07 Å². The van der Waals surface area contributed by atoms with E-state index in [1.165, 1.54) is 18.6 Å². The molecule has 144 valence electrons. The Morgan fingerprint density at radius 3 is 2.37 bits per heavy atom. The van der Waals surface area contributed by atoms with Gasteiger partial charge < -0.3 is 15.0 Å². The number of pyridine rings is 1. The Hall–Kier alpha value is -2.77. The fraction of sp³-hybridized carbons (Fsp3) is 0.368. The van der Waals surface area contributed by atoms with Crippen molar-refractivity contribution >= 4 is 17.4 Å². The van der Waals surface area contributed by atoms with Crippen LogP contribution in [0.4, 0.5) is 24.7 Å². The topological polar surface area (TPSA) is 54.5 Å². The van der Waals surface area contributed by atoms with E-state index in [0.717, 1.165) is 43.9 Å². The van der Waals surface area contributed by atoms with Crippen molar-refractivity contribution < 1.29 is 22.7 Å². The summed E-state index contributed by atoms with van der Waals surface area (Å²) in [6.07, 6.45) is 0.732. The van der Waals surface area contributed by atoms with Crippen LogP contribution < -0.4 is 15.0 Å². The number of ether oxygens (including phenoxy) is 1. The Morgan fingerprint density at radius 1 is 1.07 bits per heavy atom. The van der Waals surface area contributed by atoms with E-state index in [0.29, 0.717) is 5.69 Å². The summed E-state index contributed by atoms with van der Waals surface area (Å²) in [6, 6.07) is 7.83. The van der Waals surface area contributed by atoms with Gasteiger partial charge in [-0.05, 0) is 55.7 Å². The molecule has 1 fully saturated rings. The number of alkyl halides is 3. The minimum absolute atomic E-state index is 0.191. The lowest BCUT2D eigenvalue weighted by Gasteiger charge is -2.27. The van der Waals surface area contributed by atoms with Gasteiger partial charge in [0.05, 0.1) is 17.4 Å². The van der Waals surface area contributed by atoms with Gasteiger partial charge in [-0.1, -0.05) is 0 Å². The fourth-order valence-electron chi connectivity index (χ4n) is 2.86. The second-order valence-electron chi connectivity index (χ2n) is 6.31. The highest BCUT2D eigenvalue weighted by atomic mass is 19.4. The summed E-state index contributed by atoms with van der Waals surface area (Å²) < 4.78 is 42.7. The van der Waals surface area contributed by atoms with Crippen molar-refractivity contribution in [3.63, 3.8) is 0 Å². The maximum atomic E-state index is 12.5. The minimum atomic E-state index is -4.40. The molecule has 0 aliphatic carbocycles. The van der Waals surface area contributed by atoms with Crippen LogP contribution in [0.2, 0.25) is 0 Å². The normalized spacial score (nSPS) is 14.7. The molecule has 1 amide bonds. The highest BCUT2D eigenvalue weighted by molar-refractivity contribution is 5.91. The number of carbonyl (C=O) groups is 1. The van der Waals surface area contributed by atoms with Crippen molar-refractivity contribution in [2.24, 2.45) is 0 Å². The van der Waals surface area contributed by atoms with Crippen LogP contribution in [0.1, 0.15) is 24.8 Å². The zero-order valence-electron chi connectivity index (χ0n) is 14.6. The van der Waals surface area contributed by atoms with E-state index in [2.05, 4.69) is 15.2 Å². The molecule has 5 nitrogen and oxygen atoms in total. The van der Waals surface area contributed by atoms with Crippen LogP contribution in [0.15, 0.2) is 42.6 Å². The number of rotatable bonds is 5. The molecule has 0 atom stereocenters. The molecule has 1 aliphatic rings. The van der Waals surface area contributed by atoms with Gasteiger partial charge in [0, 0.05) is 13.1 Å². The number of carbonyl (C=O) groups excluding carboxylic acids is 1. The maximum absolute atomic E-state index is 12.5. The molecule has 1 aliphatic heterocycles. The van der Waals surface area contributed by atoms with Gasteiger partial charge in [0.1, 0.15) is 11.6 Å². The third kappa shape index (κ3) is 5.35. The zero-order chi connectivity index (χ0) is 19.3. The Kier molecular flexibility index (Phi) is 5.83. The molecule has 27 heavy (non-hydrogen) atoms. The molecule has 1 aromatic carbocycles. The smallest absolute Gasteiger partial charge is 0.416 e. The van der Waals surface area contributed by atoms with Crippen molar-refractivity contribution in [3.05, 3.63) is 48.2 Å². The number of nitrogens with one attached hydrogen (secondary N) is 1. The van der Waals surface area contributed by atoms with Gasteiger partial charge in [0.2, 0.25) is 0 Å². The molecule has 1 aromatic heterocycles. The van der Waals surface area contributed by atoms with Crippen molar-refractivity contribution in [1.29, 1.82) is 0 Å². The molecular formula is C19H20F3N3O2. The fourth-order valence-corrected chi connectivity index (χ4v) is 2.86. The first kappa shape index (κ1) is 19.0. The second-order valence-corrected chi connectivity index (χ2v) is 6.31. The summed E-state index contributed by atoms with van der Waals surface area (Å²) in [7, 11) is 0. The predicted molar refractivity (Wildman–Crippen MR) is 95.9 cm³/mol. The van der Waals surface area contributed by atoms with Crippen molar-refractivity contribution in [2.45, 2.75) is 25.4 Å². The molecule has 0 saturated carbocycles. The number of amides is 1. The van der Waals surface area contributed by atoms with E-state index >= 15 is 0 Å².